The van der Waals surface area contributed by atoms with Gasteiger partial charge in [0.05, 0.1) is 32.5 Å². The van der Waals surface area contributed by atoms with Crippen molar-refractivity contribution in [3.05, 3.63) is 42.2 Å². The first-order valence-corrected chi connectivity index (χ1v) is 12.1. The fourth-order valence-corrected chi connectivity index (χ4v) is 5.44. The number of fused-ring (bicyclic) bond motifs is 3. The summed E-state index contributed by atoms with van der Waals surface area (Å²) in [5, 5.41) is 60.0. The molecule has 208 valence electrons. The monoisotopic (exact) mass is 538 g/mol. The number of carbonyl (C=O) groups excluding carboxylic acids is 1. The predicted molar refractivity (Wildman–Crippen MR) is 124 cm³/mol. The molecule has 1 aromatic rings. The second kappa shape index (κ2) is 10.4. The van der Waals surface area contributed by atoms with Gasteiger partial charge < -0.3 is 59.1 Å². The molecule has 3 fully saturated rings. The van der Waals surface area contributed by atoms with E-state index in [2.05, 4.69) is 0 Å². The number of benzene rings is 1. The highest BCUT2D eigenvalue weighted by Crippen LogP contribution is 2.60. The summed E-state index contributed by atoms with van der Waals surface area (Å²) in [6.45, 7) is -1.06. The van der Waals surface area contributed by atoms with Gasteiger partial charge in [-0.15, -0.1) is 0 Å². The van der Waals surface area contributed by atoms with Crippen LogP contribution in [-0.2, 0) is 28.5 Å². The molecule has 0 radical (unpaired) electrons. The molecule has 0 amide bonds. The number of aliphatic hydroxyl groups is 5. The van der Waals surface area contributed by atoms with Crippen molar-refractivity contribution in [2.24, 2.45) is 11.8 Å². The highest BCUT2D eigenvalue weighted by atomic mass is 16.8. The summed E-state index contributed by atoms with van der Waals surface area (Å²) in [6, 6.07) is 4.63. The number of carbonyl (C=O) groups is 1. The number of methoxy groups -OCH3 is 1. The van der Waals surface area contributed by atoms with Crippen LogP contribution in [0.4, 0.5) is 0 Å². The minimum Gasteiger partial charge on any atom is -0.504 e. The van der Waals surface area contributed by atoms with Crippen LogP contribution in [0.25, 0.3) is 6.08 Å². The van der Waals surface area contributed by atoms with E-state index in [1.165, 1.54) is 31.6 Å². The van der Waals surface area contributed by atoms with Gasteiger partial charge in [0.25, 0.3) is 0 Å². The van der Waals surface area contributed by atoms with E-state index in [0.29, 0.717) is 11.3 Å². The first-order chi connectivity index (χ1) is 18.2. The number of esters is 1. The molecule has 1 aromatic carbocycles. The quantitative estimate of drug-likeness (QED) is 0.126. The van der Waals surface area contributed by atoms with Crippen LogP contribution in [-0.4, -0.2) is 112 Å². The minimum atomic E-state index is -1.65. The van der Waals surface area contributed by atoms with Gasteiger partial charge in [-0.1, -0.05) is 6.07 Å². The van der Waals surface area contributed by atoms with Crippen molar-refractivity contribution in [2.75, 3.05) is 20.3 Å². The van der Waals surface area contributed by atoms with Crippen molar-refractivity contribution in [1.29, 1.82) is 0 Å². The Hall–Kier alpha value is -2.75. The summed E-state index contributed by atoms with van der Waals surface area (Å²) < 4.78 is 33.3. The van der Waals surface area contributed by atoms with Gasteiger partial charge in [-0.3, -0.25) is 0 Å². The summed E-state index contributed by atoms with van der Waals surface area (Å²) in [5.41, 5.74) is -0.610. The second-order valence-electron chi connectivity index (χ2n) is 9.59. The molecule has 10 unspecified atom stereocenters. The highest BCUT2D eigenvalue weighted by molar-refractivity contribution is 5.87. The van der Waals surface area contributed by atoms with Crippen LogP contribution in [0.2, 0.25) is 0 Å². The number of ether oxygens (including phenoxy) is 6. The van der Waals surface area contributed by atoms with Crippen LogP contribution in [0, 0.1) is 11.8 Å². The van der Waals surface area contributed by atoms with Gasteiger partial charge in [-0.25, -0.2) is 4.79 Å². The van der Waals surface area contributed by atoms with Crippen molar-refractivity contribution in [3.8, 4) is 11.5 Å². The highest BCUT2D eigenvalue weighted by Gasteiger charge is 2.77. The van der Waals surface area contributed by atoms with Crippen LogP contribution in [0.3, 0.4) is 0 Å². The molecule has 6 N–H and O–H groups in total. The van der Waals surface area contributed by atoms with Crippen molar-refractivity contribution >= 4 is 12.0 Å². The summed E-state index contributed by atoms with van der Waals surface area (Å²) in [4.78, 5) is 12.7. The zero-order chi connectivity index (χ0) is 27.2. The Morgan fingerprint density at radius 3 is 2.61 bits per heavy atom. The summed E-state index contributed by atoms with van der Waals surface area (Å²) in [5.74, 6) is -1.65. The molecule has 4 aliphatic rings. The Balaban J connectivity index is 1.29. The van der Waals surface area contributed by atoms with E-state index in [1.807, 2.05) is 0 Å². The number of hydrogen-bond donors (Lipinski definition) is 6. The topological polar surface area (TPSA) is 197 Å². The molecule has 1 aliphatic carbocycles. The Morgan fingerprint density at radius 1 is 1.13 bits per heavy atom. The van der Waals surface area contributed by atoms with Crippen molar-refractivity contribution in [1.82, 2.24) is 0 Å². The molecule has 5 rings (SSSR count). The fourth-order valence-electron chi connectivity index (χ4n) is 5.44. The van der Waals surface area contributed by atoms with Crippen molar-refractivity contribution in [2.45, 2.75) is 54.8 Å². The first-order valence-electron chi connectivity index (χ1n) is 12.1. The van der Waals surface area contributed by atoms with E-state index in [4.69, 9.17) is 28.4 Å². The molecule has 0 aromatic heterocycles. The van der Waals surface area contributed by atoms with E-state index < -0.39 is 85.8 Å². The zero-order valence-electron chi connectivity index (χ0n) is 20.3. The zero-order valence-corrected chi connectivity index (χ0v) is 20.3. The van der Waals surface area contributed by atoms with Gasteiger partial charge in [-0.05, 0) is 29.8 Å². The van der Waals surface area contributed by atoms with Crippen LogP contribution in [0.5, 0.6) is 11.5 Å². The Bertz CT molecular complexity index is 1090. The van der Waals surface area contributed by atoms with Gasteiger partial charge >= 0.3 is 5.97 Å². The lowest BCUT2D eigenvalue weighted by Gasteiger charge is -2.43. The average molecular weight is 539 g/mol. The lowest BCUT2D eigenvalue weighted by Crippen LogP contribution is -2.60. The van der Waals surface area contributed by atoms with E-state index in [9.17, 15) is 35.4 Å². The second-order valence-corrected chi connectivity index (χ2v) is 9.59. The maximum Gasteiger partial charge on any atom is 0.331 e. The number of hydrogen-bond acceptors (Lipinski definition) is 13. The van der Waals surface area contributed by atoms with Gasteiger partial charge in [0, 0.05) is 12.0 Å². The predicted octanol–water partition coefficient (Wildman–Crippen LogP) is -1.61. The van der Waals surface area contributed by atoms with Crippen LogP contribution < -0.4 is 4.74 Å². The van der Waals surface area contributed by atoms with Gasteiger partial charge in [0.1, 0.15) is 42.2 Å². The van der Waals surface area contributed by atoms with Crippen LogP contribution >= 0.6 is 0 Å². The van der Waals surface area contributed by atoms with Crippen LogP contribution in [0.1, 0.15) is 5.56 Å². The Morgan fingerprint density at radius 2 is 1.92 bits per heavy atom. The molecule has 11 atom stereocenters. The van der Waals surface area contributed by atoms with Crippen molar-refractivity contribution in [3.63, 3.8) is 0 Å². The summed E-state index contributed by atoms with van der Waals surface area (Å²) in [6.07, 6.45) is -4.45. The van der Waals surface area contributed by atoms with Crippen LogP contribution in [0.15, 0.2) is 36.6 Å². The largest absolute Gasteiger partial charge is 0.504 e. The van der Waals surface area contributed by atoms with E-state index >= 15 is 0 Å². The van der Waals surface area contributed by atoms with Crippen molar-refractivity contribution < 1.29 is 63.9 Å². The lowest BCUT2D eigenvalue weighted by molar-refractivity contribution is -0.344. The Labute approximate surface area is 217 Å². The molecule has 0 bridgehead atoms. The Kier molecular flexibility index (Phi) is 7.37. The molecular formula is C25H30O13. The minimum absolute atomic E-state index is 0.0847. The number of phenols is 1. The molecule has 0 spiro atoms. The molecular weight excluding hydrogens is 508 g/mol. The molecule has 1 saturated carbocycles. The molecule has 13 nitrogen and oxygen atoms in total. The van der Waals surface area contributed by atoms with E-state index in [1.54, 1.807) is 18.2 Å². The van der Waals surface area contributed by atoms with E-state index in [0.717, 1.165) is 0 Å². The number of aromatic hydroxyl groups is 1. The third-order valence-electron chi connectivity index (χ3n) is 7.46. The molecule has 38 heavy (non-hydrogen) atoms. The number of rotatable bonds is 8. The standard InChI is InChI=1S/C25H30O13/c1-33-14-4-2-11(8-13(14)28)3-5-16(29)36-21-12-6-7-34-23(17(12)25(10-27)22(21)38-25)37-24-20(32)19(31)18(30)15(9-26)35-24/h2-8,12,15,17-24,26-28,30-32H,9-10H2,1H3/t12?,15?,17?,18?,19?,20?,21?,22?,23?,24?,25-/m1/s1. The third kappa shape index (κ3) is 4.54. The lowest BCUT2D eigenvalue weighted by atomic mass is 9.85. The molecule has 13 heteroatoms. The number of epoxide rings is 1. The summed E-state index contributed by atoms with van der Waals surface area (Å²) in [7, 11) is 1.42. The average Bonchev–Trinajstić information content (AvgIpc) is 3.59. The SMILES string of the molecule is COc1ccc(C=CC(=O)OC2C3C=COC(OC4OC(CO)C(O)C(O)C4O)C3[C@@]3(CO)OC23)cc1O. The van der Waals surface area contributed by atoms with Gasteiger partial charge in [0.15, 0.2) is 17.8 Å². The summed E-state index contributed by atoms with van der Waals surface area (Å²) >= 11 is 0. The van der Waals surface area contributed by atoms with E-state index in [-0.39, 0.29) is 5.75 Å². The molecule has 3 aliphatic heterocycles. The fraction of sp³-hybridized carbons (Fsp3) is 0.560. The van der Waals surface area contributed by atoms with Gasteiger partial charge in [-0.2, -0.15) is 0 Å². The molecule has 3 heterocycles. The van der Waals surface area contributed by atoms with Gasteiger partial charge in [0.2, 0.25) is 6.29 Å². The first kappa shape index (κ1) is 26.8. The molecule has 2 saturated heterocycles. The number of phenolic OH excluding ortho intramolecular Hbond substituents is 1. The normalized spacial score (nSPS) is 41.3. The maximum absolute atomic E-state index is 12.7. The number of aliphatic hydroxyl groups excluding tert-OH is 5. The smallest absolute Gasteiger partial charge is 0.331 e. The maximum atomic E-state index is 12.7. The third-order valence-corrected chi connectivity index (χ3v) is 7.46.